The highest BCUT2D eigenvalue weighted by molar-refractivity contribution is 8.00. The quantitative estimate of drug-likeness (QED) is 0.834. The summed E-state index contributed by atoms with van der Waals surface area (Å²) in [6, 6.07) is 8.08. The first-order chi connectivity index (χ1) is 12.4. The number of aromatic nitrogens is 1. The van der Waals surface area contributed by atoms with Crippen LogP contribution in [-0.4, -0.2) is 35.0 Å². The number of carbonyl (C=O) groups is 1. The maximum absolute atomic E-state index is 13.3. The minimum atomic E-state index is -0.913. The van der Waals surface area contributed by atoms with Crippen molar-refractivity contribution in [1.29, 1.82) is 5.26 Å². The van der Waals surface area contributed by atoms with Crippen molar-refractivity contribution in [2.75, 3.05) is 23.9 Å². The van der Waals surface area contributed by atoms with Crippen molar-refractivity contribution in [3.8, 4) is 11.8 Å². The predicted octanol–water partition coefficient (Wildman–Crippen LogP) is 2.85. The first kappa shape index (κ1) is 17.9. The van der Waals surface area contributed by atoms with E-state index in [2.05, 4.69) is 21.7 Å². The second kappa shape index (κ2) is 7.17. The zero-order valence-electron chi connectivity index (χ0n) is 13.7. The van der Waals surface area contributed by atoms with Gasteiger partial charge in [-0.05, 0) is 24.3 Å². The van der Waals surface area contributed by atoms with E-state index < -0.39 is 23.1 Å². The number of amides is 1. The number of nitrogens with zero attached hydrogens (tertiary/aromatic N) is 2. The van der Waals surface area contributed by atoms with Crippen LogP contribution >= 0.6 is 11.8 Å². The van der Waals surface area contributed by atoms with E-state index >= 15 is 0 Å². The van der Waals surface area contributed by atoms with E-state index in [1.807, 2.05) is 0 Å². The summed E-state index contributed by atoms with van der Waals surface area (Å²) in [6.45, 7) is 0. The molecular weight excluding hydrogens is 362 g/mol. The maximum Gasteiger partial charge on any atom is 0.275 e. The maximum atomic E-state index is 13.3. The SMILES string of the molecule is COc1ccc(Nc2cc(F)cc(F)c2)nc1C(=O)NC1(C#N)CSC1. The lowest BCUT2D eigenvalue weighted by atomic mass is 10.1. The molecular formula is C17H14F2N4O2S. The molecule has 0 unspecified atom stereocenters. The van der Waals surface area contributed by atoms with E-state index in [1.165, 1.54) is 19.2 Å². The molecule has 134 valence electrons. The summed E-state index contributed by atoms with van der Waals surface area (Å²) in [5.74, 6) is -0.614. The van der Waals surface area contributed by atoms with E-state index in [0.717, 1.165) is 18.2 Å². The van der Waals surface area contributed by atoms with Crippen LogP contribution in [-0.2, 0) is 0 Å². The van der Waals surface area contributed by atoms with Gasteiger partial charge in [0.05, 0.1) is 13.2 Å². The van der Waals surface area contributed by atoms with E-state index in [0.29, 0.717) is 11.5 Å². The molecule has 0 saturated carbocycles. The van der Waals surface area contributed by atoms with Gasteiger partial charge in [0.25, 0.3) is 5.91 Å². The van der Waals surface area contributed by atoms with Gasteiger partial charge < -0.3 is 15.4 Å². The van der Waals surface area contributed by atoms with Crippen LogP contribution < -0.4 is 15.4 Å². The highest BCUT2D eigenvalue weighted by Gasteiger charge is 2.40. The van der Waals surface area contributed by atoms with Crippen molar-refractivity contribution < 1.29 is 18.3 Å². The second-order valence-corrected chi connectivity index (χ2v) is 6.66. The lowest BCUT2D eigenvalue weighted by Gasteiger charge is -2.35. The minimum Gasteiger partial charge on any atom is -0.494 e. The monoisotopic (exact) mass is 376 g/mol. The third kappa shape index (κ3) is 3.70. The van der Waals surface area contributed by atoms with Crippen LogP contribution in [0.25, 0.3) is 0 Å². The minimum absolute atomic E-state index is 0.0269. The molecule has 3 rings (SSSR count). The van der Waals surface area contributed by atoms with Gasteiger partial charge >= 0.3 is 0 Å². The van der Waals surface area contributed by atoms with Gasteiger partial charge in [0.15, 0.2) is 5.69 Å². The molecule has 0 aliphatic carbocycles. The van der Waals surface area contributed by atoms with Crippen molar-refractivity contribution in [2.24, 2.45) is 0 Å². The van der Waals surface area contributed by atoms with Crippen molar-refractivity contribution in [3.05, 3.63) is 47.7 Å². The molecule has 0 radical (unpaired) electrons. The summed E-state index contributed by atoms with van der Waals surface area (Å²) < 4.78 is 31.8. The number of anilines is 2. The van der Waals surface area contributed by atoms with Gasteiger partial charge in [-0.3, -0.25) is 4.79 Å². The van der Waals surface area contributed by atoms with Gasteiger partial charge in [0.1, 0.15) is 28.7 Å². The Hall–Kier alpha value is -2.86. The van der Waals surface area contributed by atoms with Gasteiger partial charge in [-0.25, -0.2) is 13.8 Å². The van der Waals surface area contributed by atoms with E-state index in [4.69, 9.17) is 4.74 Å². The fourth-order valence-electron chi connectivity index (χ4n) is 2.36. The summed E-state index contributed by atoms with van der Waals surface area (Å²) in [7, 11) is 1.39. The molecule has 9 heteroatoms. The molecule has 1 aliphatic heterocycles. The number of halogens is 2. The molecule has 2 aromatic rings. The van der Waals surface area contributed by atoms with Gasteiger partial charge in [0.2, 0.25) is 0 Å². The number of nitrogens with one attached hydrogen (secondary N) is 2. The normalized spacial score (nSPS) is 14.7. The fraction of sp³-hybridized carbons (Fsp3) is 0.235. The molecule has 2 N–H and O–H groups in total. The van der Waals surface area contributed by atoms with Crippen LogP contribution in [0.4, 0.5) is 20.3 Å². The lowest BCUT2D eigenvalue weighted by molar-refractivity contribution is 0.0920. The molecule has 1 amide bonds. The van der Waals surface area contributed by atoms with Crippen LogP contribution in [0.2, 0.25) is 0 Å². The van der Waals surface area contributed by atoms with E-state index in [1.54, 1.807) is 11.8 Å². The molecule has 2 heterocycles. The van der Waals surface area contributed by atoms with Crippen LogP contribution in [0.1, 0.15) is 10.5 Å². The van der Waals surface area contributed by atoms with E-state index in [9.17, 15) is 18.8 Å². The topological polar surface area (TPSA) is 87.0 Å². The van der Waals surface area contributed by atoms with Crippen LogP contribution in [0, 0.1) is 23.0 Å². The van der Waals surface area contributed by atoms with Crippen LogP contribution in [0.5, 0.6) is 5.75 Å². The van der Waals surface area contributed by atoms with Gasteiger partial charge in [-0.15, -0.1) is 0 Å². The van der Waals surface area contributed by atoms with Gasteiger partial charge in [-0.2, -0.15) is 17.0 Å². The number of benzene rings is 1. The zero-order chi connectivity index (χ0) is 18.7. The largest absolute Gasteiger partial charge is 0.494 e. The average Bonchev–Trinajstić information content (AvgIpc) is 2.57. The number of hydrogen-bond acceptors (Lipinski definition) is 6. The highest BCUT2D eigenvalue weighted by Crippen LogP contribution is 2.30. The van der Waals surface area contributed by atoms with Crippen LogP contribution in [0.15, 0.2) is 30.3 Å². The Labute approximate surface area is 152 Å². The Balaban J connectivity index is 1.86. The Morgan fingerprint density at radius 1 is 1.31 bits per heavy atom. The first-order valence-corrected chi connectivity index (χ1v) is 8.70. The second-order valence-electron chi connectivity index (χ2n) is 5.67. The molecule has 1 saturated heterocycles. The number of methoxy groups -OCH3 is 1. The van der Waals surface area contributed by atoms with Crippen molar-refractivity contribution in [2.45, 2.75) is 5.54 Å². The lowest BCUT2D eigenvalue weighted by Crippen LogP contribution is -2.57. The molecule has 6 nitrogen and oxygen atoms in total. The molecule has 1 aromatic heterocycles. The zero-order valence-corrected chi connectivity index (χ0v) is 14.5. The average molecular weight is 376 g/mol. The number of nitriles is 1. The summed E-state index contributed by atoms with van der Waals surface area (Å²) in [4.78, 5) is 16.7. The Morgan fingerprint density at radius 2 is 2.00 bits per heavy atom. The highest BCUT2D eigenvalue weighted by atomic mass is 32.2. The summed E-state index contributed by atoms with van der Waals surface area (Å²) in [6.07, 6.45) is 0. The molecule has 1 aromatic carbocycles. The first-order valence-electron chi connectivity index (χ1n) is 7.54. The molecule has 1 aliphatic rings. The number of pyridine rings is 1. The van der Waals surface area contributed by atoms with Crippen LogP contribution in [0.3, 0.4) is 0 Å². The number of carbonyl (C=O) groups excluding carboxylic acids is 1. The standard InChI is InChI=1S/C17H14F2N4O2S/c1-25-13-2-3-14(21-12-5-10(18)4-11(19)6-12)22-15(13)16(24)23-17(7-20)8-26-9-17/h2-6H,8-9H2,1H3,(H,21,22)(H,23,24). The summed E-state index contributed by atoms with van der Waals surface area (Å²) >= 11 is 1.55. The van der Waals surface area contributed by atoms with Gasteiger partial charge in [0, 0.05) is 23.3 Å². The molecule has 1 fully saturated rings. The summed E-state index contributed by atoms with van der Waals surface area (Å²) in [5.41, 5.74) is -0.792. The third-order valence-corrected chi connectivity index (χ3v) is 5.09. The van der Waals surface area contributed by atoms with Crippen molar-refractivity contribution in [3.63, 3.8) is 0 Å². The fourth-order valence-corrected chi connectivity index (χ4v) is 3.25. The molecule has 0 bridgehead atoms. The third-order valence-electron chi connectivity index (χ3n) is 3.69. The Morgan fingerprint density at radius 3 is 2.54 bits per heavy atom. The number of rotatable bonds is 5. The molecule has 0 spiro atoms. The Bertz CT molecular complexity index is 877. The number of hydrogen-bond donors (Lipinski definition) is 2. The predicted molar refractivity (Wildman–Crippen MR) is 93.6 cm³/mol. The van der Waals surface area contributed by atoms with Gasteiger partial charge in [-0.1, -0.05) is 0 Å². The van der Waals surface area contributed by atoms with Crippen molar-refractivity contribution >= 4 is 29.2 Å². The molecule has 26 heavy (non-hydrogen) atoms. The number of thioether (sulfide) groups is 1. The molecule has 0 atom stereocenters. The smallest absolute Gasteiger partial charge is 0.275 e. The number of ether oxygens (including phenoxy) is 1. The van der Waals surface area contributed by atoms with E-state index in [-0.39, 0.29) is 22.9 Å². The van der Waals surface area contributed by atoms with Crippen molar-refractivity contribution in [1.82, 2.24) is 10.3 Å². The Kier molecular flexibility index (Phi) is 4.95. The summed E-state index contributed by atoms with van der Waals surface area (Å²) in [5, 5.41) is 14.7.